The van der Waals surface area contributed by atoms with E-state index in [0.29, 0.717) is 13.0 Å². The van der Waals surface area contributed by atoms with Crippen LogP contribution in [0.25, 0.3) is 10.9 Å². The van der Waals surface area contributed by atoms with Crippen molar-refractivity contribution in [2.45, 2.75) is 13.3 Å². The highest BCUT2D eigenvalue weighted by molar-refractivity contribution is 6.14. The Morgan fingerprint density at radius 1 is 1.11 bits per heavy atom. The van der Waals surface area contributed by atoms with Crippen molar-refractivity contribution in [3.05, 3.63) is 60.0 Å². The Hall–Kier alpha value is -3.35. The smallest absolute Gasteiger partial charge is 0.345 e. The van der Waals surface area contributed by atoms with Gasteiger partial charge in [-0.15, -0.1) is 0 Å². The Morgan fingerprint density at radius 2 is 1.78 bits per heavy atom. The molecule has 2 rings (SSSR count). The maximum Gasteiger partial charge on any atom is 0.345 e. The molecule has 0 unspecified atom stereocenters. The summed E-state index contributed by atoms with van der Waals surface area (Å²) in [5.74, 6) is -1.77. The Morgan fingerprint density at radius 3 is 2.41 bits per heavy atom. The van der Waals surface area contributed by atoms with Crippen LogP contribution >= 0.6 is 0 Å². The number of esters is 2. The van der Waals surface area contributed by atoms with Gasteiger partial charge in [-0.05, 0) is 30.2 Å². The number of benzene rings is 1. The number of carbonyl (C=O) groups is 3. The molecule has 0 aliphatic rings. The van der Waals surface area contributed by atoms with Gasteiger partial charge in [-0.1, -0.05) is 18.2 Å². The van der Waals surface area contributed by atoms with E-state index in [9.17, 15) is 14.4 Å². The molecule has 1 aromatic carbocycles. The molecule has 1 N–H and O–H groups in total. The molecule has 1 aromatic heterocycles. The molecule has 0 saturated heterocycles. The number of methoxy groups -OCH3 is 2. The van der Waals surface area contributed by atoms with E-state index < -0.39 is 11.9 Å². The monoisotopic (exact) mass is 370 g/mol. The van der Waals surface area contributed by atoms with Gasteiger partial charge in [0.05, 0.1) is 14.2 Å². The zero-order chi connectivity index (χ0) is 19.8. The third-order valence-electron chi connectivity index (χ3n) is 4.04. The number of hydrogen-bond donors (Lipinski definition) is 1. The predicted octanol–water partition coefficient (Wildman–Crippen LogP) is 2.35. The van der Waals surface area contributed by atoms with Crippen molar-refractivity contribution < 1.29 is 23.9 Å². The molecule has 0 aliphatic carbocycles. The quantitative estimate of drug-likeness (QED) is 0.266. The van der Waals surface area contributed by atoms with Crippen molar-refractivity contribution in [2.75, 3.05) is 20.8 Å². The number of fused-ring (bicyclic) bond motifs is 1. The topological polar surface area (TPSA) is 88.7 Å². The first-order valence-electron chi connectivity index (χ1n) is 8.35. The van der Waals surface area contributed by atoms with Gasteiger partial charge in [-0.3, -0.25) is 4.79 Å². The summed E-state index contributed by atoms with van der Waals surface area (Å²) in [6.07, 6.45) is 6.81. The van der Waals surface area contributed by atoms with Crippen LogP contribution in [-0.2, 0) is 30.3 Å². The zero-order valence-corrected chi connectivity index (χ0v) is 15.5. The molecule has 142 valence electrons. The molecule has 0 bridgehead atoms. The lowest BCUT2D eigenvalue weighted by Crippen LogP contribution is -2.25. The van der Waals surface area contributed by atoms with Crippen LogP contribution in [0.3, 0.4) is 0 Å². The second kappa shape index (κ2) is 9.38. The van der Waals surface area contributed by atoms with E-state index in [1.165, 1.54) is 44.4 Å². The van der Waals surface area contributed by atoms with Crippen LogP contribution in [0.1, 0.15) is 12.5 Å². The van der Waals surface area contributed by atoms with Crippen molar-refractivity contribution >= 4 is 28.7 Å². The maximum absolute atomic E-state index is 11.9. The summed E-state index contributed by atoms with van der Waals surface area (Å²) in [7, 11) is 2.35. The summed E-state index contributed by atoms with van der Waals surface area (Å²) in [6.45, 7) is 1.90. The average Bonchev–Trinajstić information content (AvgIpc) is 3.09. The summed E-state index contributed by atoms with van der Waals surface area (Å²) in [5, 5.41) is 1.11. The van der Waals surface area contributed by atoms with Gasteiger partial charge in [0.1, 0.15) is 5.57 Å². The first-order chi connectivity index (χ1) is 13.0. The van der Waals surface area contributed by atoms with E-state index in [1.54, 1.807) is 0 Å². The number of H-pyrrole nitrogens is 1. The van der Waals surface area contributed by atoms with Crippen LogP contribution in [0.2, 0.25) is 0 Å². The Bertz CT molecular complexity index is 877. The highest BCUT2D eigenvalue weighted by atomic mass is 16.5. The minimum Gasteiger partial charge on any atom is -0.465 e. The standard InChI is InChI=1S/C20H22N2O5/c1-14(23)22(11-6-8-17(19(24)26-2)20(25)27-3)12-10-15-13-21-18-9-5-4-7-16(15)18/h4-9,11,13,21H,10,12H2,1-3H3/b11-6+. The van der Waals surface area contributed by atoms with Crippen LogP contribution in [0, 0.1) is 0 Å². The van der Waals surface area contributed by atoms with E-state index in [-0.39, 0.29) is 11.5 Å². The molecule has 0 saturated carbocycles. The fraction of sp³-hybridized carbons (Fsp3) is 0.250. The van der Waals surface area contributed by atoms with E-state index in [0.717, 1.165) is 16.5 Å². The number of nitrogens with zero attached hydrogens (tertiary/aromatic N) is 1. The first kappa shape index (κ1) is 20.0. The molecule has 7 heteroatoms. The minimum absolute atomic E-state index is 0.155. The largest absolute Gasteiger partial charge is 0.465 e. The predicted molar refractivity (Wildman–Crippen MR) is 101 cm³/mol. The highest BCUT2D eigenvalue weighted by Gasteiger charge is 2.18. The number of hydrogen-bond acceptors (Lipinski definition) is 5. The Labute approximate surface area is 157 Å². The molecule has 0 spiro atoms. The van der Waals surface area contributed by atoms with Gasteiger partial charge in [0.2, 0.25) is 5.91 Å². The number of aromatic amines is 1. The van der Waals surface area contributed by atoms with Crippen molar-refractivity contribution in [1.82, 2.24) is 9.88 Å². The summed E-state index contributed by atoms with van der Waals surface area (Å²) in [5.41, 5.74) is 1.89. The number of rotatable bonds is 7. The third-order valence-corrected chi connectivity index (χ3v) is 4.04. The van der Waals surface area contributed by atoms with Crippen LogP contribution in [-0.4, -0.2) is 48.5 Å². The van der Waals surface area contributed by atoms with E-state index in [2.05, 4.69) is 14.5 Å². The number of nitrogens with one attached hydrogen (secondary N) is 1. The van der Waals surface area contributed by atoms with Crippen LogP contribution < -0.4 is 0 Å². The molecule has 0 fully saturated rings. The summed E-state index contributed by atoms with van der Waals surface area (Å²) < 4.78 is 9.10. The SMILES string of the molecule is COC(=O)C(=C/C=C/N(CCc1c[nH]c2ccccc12)C(C)=O)C(=O)OC. The van der Waals surface area contributed by atoms with Gasteiger partial charge in [0.25, 0.3) is 0 Å². The van der Waals surface area contributed by atoms with Crippen molar-refractivity contribution in [1.29, 1.82) is 0 Å². The molecule has 0 radical (unpaired) electrons. The molecule has 1 amide bonds. The zero-order valence-electron chi connectivity index (χ0n) is 15.5. The van der Waals surface area contributed by atoms with Crippen LogP contribution in [0.5, 0.6) is 0 Å². The van der Waals surface area contributed by atoms with E-state index in [1.807, 2.05) is 30.5 Å². The average molecular weight is 370 g/mol. The summed E-state index contributed by atoms with van der Waals surface area (Å²) in [6, 6.07) is 7.94. The van der Waals surface area contributed by atoms with Gasteiger partial charge >= 0.3 is 11.9 Å². The van der Waals surface area contributed by atoms with Crippen LogP contribution in [0.15, 0.2) is 54.4 Å². The molecule has 0 atom stereocenters. The number of carbonyl (C=O) groups excluding carboxylic acids is 3. The molecule has 2 aromatic rings. The van der Waals surface area contributed by atoms with E-state index in [4.69, 9.17) is 0 Å². The lowest BCUT2D eigenvalue weighted by atomic mass is 10.1. The molecule has 1 heterocycles. The molecule has 0 aliphatic heterocycles. The Balaban J connectivity index is 2.11. The van der Waals surface area contributed by atoms with Gasteiger partial charge in [0.15, 0.2) is 0 Å². The second-order valence-electron chi connectivity index (χ2n) is 5.73. The molecular formula is C20H22N2O5. The fourth-order valence-corrected chi connectivity index (χ4v) is 2.60. The van der Waals surface area contributed by atoms with Crippen molar-refractivity contribution in [3.8, 4) is 0 Å². The van der Waals surface area contributed by atoms with Gasteiger partial charge in [-0.2, -0.15) is 0 Å². The lowest BCUT2D eigenvalue weighted by molar-refractivity contribution is -0.144. The molecule has 7 nitrogen and oxygen atoms in total. The number of aromatic nitrogens is 1. The van der Waals surface area contributed by atoms with Crippen molar-refractivity contribution in [3.63, 3.8) is 0 Å². The Kier molecular flexibility index (Phi) is 6.93. The first-order valence-corrected chi connectivity index (χ1v) is 8.35. The number of allylic oxidation sites excluding steroid dienone is 2. The number of ether oxygens (including phenoxy) is 2. The lowest BCUT2D eigenvalue weighted by Gasteiger charge is -2.15. The summed E-state index contributed by atoms with van der Waals surface area (Å²) >= 11 is 0. The van der Waals surface area contributed by atoms with Crippen LogP contribution in [0.4, 0.5) is 0 Å². The third kappa shape index (κ3) is 5.07. The fourth-order valence-electron chi connectivity index (χ4n) is 2.60. The second-order valence-corrected chi connectivity index (χ2v) is 5.73. The van der Waals surface area contributed by atoms with Crippen molar-refractivity contribution in [2.24, 2.45) is 0 Å². The minimum atomic E-state index is -0.806. The summed E-state index contributed by atoms with van der Waals surface area (Å²) in [4.78, 5) is 39.8. The molecular weight excluding hydrogens is 348 g/mol. The van der Waals surface area contributed by atoms with Gasteiger partial charge in [-0.25, -0.2) is 9.59 Å². The van der Waals surface area contributed by atoms with E-state index >= 15 is 0 Å². The van der Waals surface area contributed by atoms with Gasteiger partial charge in [0, 0.05) is 36.8 Å². The maximum atomic E-state index is 11.9. The normalized spacial score (nSPS) is 10.6. The molecule has 27 heavy (non-hydrogen) atoms. The number of para-hydroxylation sites is 1. The highest BCUT2D eigenvalue weighted by Crippen LogP contribution is 2.18. The number of amides is 1. The van der Waals surface area contributed by atoms with Gasteiger partial charge < -0.3 is 19.4 Å².